The van der Waals surface area contributed by atoms with Gasteiger partial charge < -0.3 is 48.5 Å². The fourth-order valence-electron chi connectivity index (χ4n) is 4.28. The Kier molecular flexibility index (Phi) is 206. The molecule has 0 aromatic heterocycles. The molecule has 0 fully saturated rings. The Balaban J connectivity index is -0.0000000425. The van der Waals surface area contributed by atoms with Crippen molar-refractivity contribution in [3.05, 3.63) is 534 Å². The third-order valence-electron chi connectivity index (χ3n) is 9.29. The zero-order valence-corrected chi connectivity index (χ0v) is 88.0. The van der Waals surface area contributed by atoms with Gasteiger partial charge in [0, 0.05) is 200 Å². The fraction of sp³-hybridized carbons (Fsp3) is 0.149. The summed E-state index contributed by atoms with van der Waals surface area (Å²) in [7, 11) is 0. The predicted molar refractivity (Wildman–Crippen MR) is 506 cm³/mol. The Labute approximate surface area is 819 Å². The minimum absolute atomic E-state index is 0. The predicted octanol–water partition coefficient (Wildman–Crippen LogP) is 26.7. The molecule has 0 atom stereocenters. The van der Waals surface area contributed by atoms with Crippen LogP contribution in [0.5, 0.6) is 0 Å². The van der Waals surface area contributed by atoms with Crippen molar-refractivity contribution in [2.24, 2.45) is 0 Å². The van der Waals surface area contributed by atoms with Gasteiger partial charge in [0.25, 0.3) is 0 Å². The first-order chi connectivity index (χ1) is 49.9. The zero-order valence-electron chi connectivity index (χ0n) is 65.1. The second kappa shape index (κ2) is 160. The number of rotatable bonds is 8. The van der Waals surface area contributed by atoms with E-state index < -0.39 is 0 Å². The van der Waals surface area contributed by atoms with Gasteiger partial charge in [-0.3, -0.25) is 0 Å². The summed E-state index contributed by atoms with van der Waals surface area (Å²) in [5, 5.41) is 0. The van der Waals surface area contributed by atoms with Gasteiger partial charge in [0.15, 0.2) is 0 Å². The summed E-state index contributed by atoms with van der Waals surface area (Å²) in [5.74, 6) is 0. The molecule has 109 heavy (non-hydrogen) atoms. The third-order valence-corrected chi connectivity index (χ3v) is 9.29. The van der Waals surface area contributed by atoms with Crippen LogP contribution in [0.4, 0.5) is 0 Å². The van der Waals surface area contributed by atoms with Gasteiger partial charge in [0.2, 0.25) is 0 Å². The van der Waals surface area contributed by atoms with Gasteiger partial charge in [-0.15, -0.1) is 38.5 Å². The van der Waals surface area contributed by atoms with Gasteiger partial charge in [0.1, 0.15) is 0 Å². The molecule has 44 radical (unpaired) electrons. The van der Waals surface area contributed by atoms with E-state index in [0.29, 0.717) is 0 Å². The quantitative estimate of drug-likeness (QED) is 0.105. The van der Waals surface area contributed by atoms with Crippen LogP contribution in [0.2, 0.25) is 0 Å². The average molecular weight is 2290 g/mol. The molecule has 0 aliphatic rings. The van der Waals surface area contributed by atoms with E-state index in [1.807, 2.05) is 364 Å². The van der Waals surface area contributed by atoms with Gasteiger partial charge in [-0.05, 0) is 79.2 Å². The maximum Gasteiger partial charge on any atom is 0.0826 e. The number of unbranched alkanes of at least 4 members (excludes halogenated alkanes) is 8. The van der Waals surface area contributed by atoms with Crippen molar-refractivity contribution >= 4 is 191 Å². The first-order valence-corrected chi connectivity index (χ1v) is 33.9. The van der Waals surface area contributed by atoms with E-state index in [0.717, 1.165) is 89.9 Å². The van der Waals surface area contributed by atoms with E-state index in [2.05, 4.69) is 170 Å². The van der Waals surface area contributed by atoms with Crippen LogP contribution in [0, 0.1) is 170 Å². The minimum Gasteiger partial charge on any atom is -0.343 e. The van der Waals surface area contributed by atoms with Crippen LogP contribution in [0.25, 0.3) is 0 Å². The van der Waals surface area contributed by atoms with Crippen molar-refractivity contribution in [2.45, 2.75) is 96.3 Å². The van der Waals surface area contributed by atoms with Crippen LogP contribution in [0.15, 0.2) is 364 Å². The standard InChI is InChI=1S/12C6H5.C5H10.6C4H8.8Sn.6H2/c12*1-2-4-6-5-3-1;1-3-5-4-2;6*1-3-4-2;;;;;;;;;;;;;;/h12*1-5H;1-5H2;6*1-4H2;;;;;;;;;6*1H. The van der Waals surface area contributed by atoms with E-state index in [9.17, 15) is 0 Å². The monoisotopic (exact) mass is 2300 g/mol. The first kappa shape index (κ1) is 140. The summed E-state index contributed by atoms with van der Waals surface area (Å²) in [6.07, 6.45) is 14.7. The van der Waals surface area contributed by atoms with Crippen molar-refractivity contribution in [1.29, 1.82) is 0 Å². The number of benzene rings is 12. The Morgan fingerprint density at radius 3 is 0.220 bits per heavy atom. The third kappa shape index (κ3) is 187. The van der Waals surface area contributed by atoms with Crippen molar-refractivity contribution < 1.29 is 8.56 Å². The SMILES string of the molecule is [CH2+]CCC[CH2-].[CH2+]CC[CH2-].[CH2+]CC[CH2-].[CH2+]CC[CH2-].[CH2+]CC[CH2-].[CH2+]CC[CH2-].[CH2+]CC[CH2-].[HH].[HH].[HH].[HH].[HH].[HH].[Sn].[Sn].[Sn].[Sn].[Sn].[Sn].[Sn].[Sn].[c]1ccccc1.[c]1ccccc1.[c]1ccccc1.[c]1ccccc1.[c]1ccccc1.[c]1ccccc1.[c]1ccccc1.[c]1ccccc1.[c]1ccccc1.[c]1ccccc1.[c]1ccccc1.[c]1ccccc1. The molecule has 0 saturated heterocycles. The molecule has 12 rings (SSSR count). The smallest absolute Gasteiger partial charge is 0.0826 e. The molecule has 0 aliphatic carbocycles. The van der Waals surface area contributed by atoms with Gasteiger partial charge in [0.05, 0.1) is 93.4 Å². The second-order valence-electron chi connectivity index (χ2n) is 18.2. The number of hydrogen-bond acceptors (Lipinski definition) is 0. The molecule has 0 nitrogen and oxygen atoms in total. The molecule has 0 aliphatic heterocycles. The van der Waals surface area contributed by atoms with E-state index in [1.165, 1.54) is 6.42 Å². The Morgan fingerprint density at radius 1 is 0.138 bits per heavy atom. The van der Waals surface area contributed by atoms with E-state index in [-0.39, 0.29) is 200 Å². The molecule has 8 heteroatoms. The van der Waals surface area contributed by atoms with Crippen molar-refractivity contribution in [2.75, 3.05) is 0 Å². The summed E-state index contributed by atoms with van der Waals surface area (Å²) >= 11 is 0. The molecule has 0 bridgehead atoms. The van der Waals surface area contributed by atoms with Crippen LogP contribution < -0.4 is 0 Å². The molecule has 0 saturated carbocycles. The van der Waals surface area contributed by atoms with Crippen molar-refractivity contribution in [3.8, 4) is 0 Å². The largest absolute Gasteiger partial charge is 0.343 e. The van der Waals surface area contributed by atoms with Crippen LogP contribution in [0.1, 0.15) is 105 Å². The second-order valence-corrected chi connectivity index (χ2v) is 18.2. The van der Waals surface area contributed by atoms with Crippen LogP contribution >= 0.6 is 0 Å². The maximum absolute atomic E-state index is 3.64. The number of hydrogen-bond donors (Lipinski definition) is 0. The van der Waals surface area contributed by atoms with E-state index >= 15 is 0 Å². The molecule has 0 heterocycles. The Bertz CT molecular complexity index is 1840. The molecule has 12 aromatic rings. The maximum atomic E-state index is 3.64. The molecular formula is C101H130Sn8. The van der Waals surface area contributed by atoms with Crippen molar-refractivity contribution in [3.63, 3.8) is 0 Å². The average Bonchev–Trinajstić information content (AvgIpc) is 2.71. The topological polar surface area (TPSA) is 0 Å². The van der Waals surface area contributed by atoms with Gasteiger partial charge in [-0.2, -0.15) is 6.42 Å². The van der Waals surface area contributed by atoms with Gasteiger partial charge in [-0.1, -0.05) is 364 Å². The van der Waals surface area contributed by atoms with Crippen LogP contribution in [-0.2, 0) is 0 Å². The van der Waals surface area contributed by atoms with E-state index in [1.54, 1.807) is 0 Å². The molecule has 0 spiro atoms. The summed E-state index contributed by atoms with van der Waals surface area (Å²) in [6, 6.07) is 150. The fourth-order valence-corrected chi connectivity index (χ4v) is 4.28. The zero-order chi connectivity index (χ0) is 75.5. The minimum atomic E-state index is 0. The van der Waals surface area contributed by atoms with Crippen LogP contribution in [-0.4, -0.2) is 191 Å². The summed E-state index contributed by atoms with van der Waals surface area (Å²) in [5.41, 5.74) is 0. The molecule has 0 amide bonds. The normalized spacial score (nSPS) is 7.26. The van der Waals surface area contributed by atoms with Crippen LogP contribution in [0.3, 0.4) is 0 Å². The molecule has 566 valence electrons. The van der Waals surface area contributed by atoms with Gasteiger partial charge in [-0.25, -0.2) is 0 Å². The summed E-state index contributed by atoms with van der Waals surface area (Å²) in [4.78, 5) is 0. The molecule has 0 unspecified atom stereocenters. The Hall–Kier alpha value is -3.88. The van der Waals surface area contributed by atoms with Crippen molar-refractivity contribution in [1.82, 2.24) is 0 Å². The molecular weight excluding hydrogens is 2160 g/mol. The Morgan fingerprint density at radius 2 is 0.211 bits per heavy atom. The van der Waals surface area contributed by atoms with Gasteiger partial charge >= 0.3 is 0 Å². The summed E-state index contributed by atoms with van der Waals surface area (Å²) in [6.45, 7) is 49.8. The summed E-state index contributed by atoms with van der Waals surface area (Å²) < 4.78 is 0. The molecule has 0 N–H and O–H groups in total. The molecule has 12 aromatic carbocycles. The first-order valence-electron chi connectivity index (χ1n) is 33.9. The van der Waals surface area contributed by atoms with E-state index in [4.69, 9.17) is 0 Å².